The molecule has 108 valence electrons. The lowest BCUT2D eigenvalue weighted by Crippen LogP contribution is -2.38. The fraction of sp³-hybridized carbons (Fsp3) is 0.200. The zero-order valence-electron chi connectivity index (χ0n) is 11.2. The van der Waals surface area contributed by atoms with Gasteiger partial charge in [0, 0.05) is 6.54 Å². The molecule has 4 rings (SSSR count). The molecule has 0 spiro atoms. The molecule has 0 bridgehead atoms. The van der Waals surface area contributed by atoms with E-state index in [-0.39, 0.29) is 24.7 Å². The molecule has 5 nitrogen and oxygen atoms in total. The maximum atomic E-state index is 12.3. The smallest absolute Gasteiger partial charge is 0.217 e. The number of anilines is 2. The average molecular weight is 304 g/mol. The van der Waals surface area contributed by atoms with E-state index >= 15 is 0 Å². The maximum Gasteiger partial charge on any atom is 0.217 e. The second kappa shape index (κ2) is 5.26. The summed E-state index contributed by atoms with van der Waals surface area (Å²) >= 11 is 0. The number of rotatable bonds is 3. The minimum absolute atomic E-state index is 0. The van der Waals surface area contributed by atoms with Crippen molar-refractivity contribution in [3.8, 4) is 0 Å². The first kappa shape index (κ1) is 13.7. The Morgan fingerprint density at radius 2 is 2.00 bits per heavy atom. The van der Waals surface area contributed by atoms with Gasteiger partial charge in [0.2, 0.25) is 11.7 Å². The number of carbonyl (C=O) groups is 1. The fourth-order valence-corrected chi connectivity index (χ4v) is 2.74. The molecular formula is C15H14ClN3O2. The topological polar surface area (TPSA) is 49.1 Å². The Balaban J connectivity index is 0.00000132. The van der Waals surface area contributed by atoms with Crippen LogP contribution in [0.4, 0.5) is 11.4 Å². The molecular weight excluding hydrogens is 290 g/mol. The van der Waals surface area contributed by atoms with Crippen LogP contribution in [0.25, 0.3) is 0 Å². The summed E-state index contributed by atoms with van der Waals surface area (Å²) in [6.45, 7) is 1.90. The van der Waals surface area contributed by atoms with Gasteiger partial charge in [0.05, 0.1) is 30.7 Å². The van der Waals surface area contributed by atoms with Crippen molar-refractivity contribution < 1.29 is 9.21 Å². The lowest BCUT2D eigenvalue weighted by molar-refractivity contribution is 0.0976. The monoisotopic (exact) mass is 303 g/mol. The molecule has 6 heteroatoms. The zero-order chi connectivity index (χ0) is 13.5. The number of hydrogen-bond acceptors (Lipinski definition) is 5. The van der Waals surface area contributed by atoms with Crippen LogP contribution in [0.5, 0.6) is 0 Å². The molecule has 2 aliphatic rings. The number of furan rings is 1. The first-order valence-corrected chi connectivity index (χ1v) is 6.60. The number of benzene rings is 1. The van der Waals surface area contributed by atoms with Crippen molar-refractivity contribution in [3.63, 3.8) is 0 Å². The van der Waals surface area contributed by atoms with Gasteiger partial charge < -0.3 is 14.2 Å². The third-order valence-electron chi connectivity index (χ3n) is 3.62. The van der Waals surface area contributed by atoms with Crippen molar-refractivity contribution >= 4 is 35.5 Å². The van der Waals surface area contributed by atoms with E-state index in [2.05, 4.69) is 16.0 Å². The zero-order valence-corrected chi connectivity index (χ0v) is 12.0. The Hall–Kier alpha value is -2.27. The molecule has 0 unspecified atom stereocenters. The van der Waals surface area contributed by atoms with E-state index in [9.17, 15) is 4.79 Å². The van der Waals surface area contributed by atoms with E-state index in [1.807, 2.05) is 23.1 Å². The second-order valence-corrected chi connectivity index (χ2v) is 4.81. The molecule has 0 radical (unpaired) electrons. The molecule has 0 saturated heterocycles. The Morgan fingerprint density at radius 3 is 2.76 bits per heavy atom. The van der Waals surface area contributed by atoms with Crippen LogP contribution in [-0.2, 0) is 0 Å². The van der Waals surface area contributed by atoms with Crippen molar-refractivity contribution in [1.29, 1.82) is 0 Å². The molecule has 2 aromatic rings. The molecule has 1 aromatic heterocycles. The van der Waals surface area contributed by atoms with Gasteiger partial charge in [-0.3, -0.25) is 9.79 Å². The van der Waals surface area contributed by atoms with E-state index in [0.717, 1.165) is 30.4 Å². The van der Waals surface area contributed by atoms with Gasteiger partial charge in [-0.15, -0.1) is 12.4 Å². The number of ketones is 1. The maximum absolute atomic E-state index is 12.3. The summed E-state index contributed by atoms with van der Waals surface area (Å²) in [6, 6.07) is 11.5. The summed E-state index contributed by atoms with van der Waals surface area (Å²) in [5.74, 6) is 1.21. The van der Waals surface area contributed by atoms with Crippen LogP contribution in [-0.4, -0.2) is 31.4 Å². The van der Waals surface area contributed by atoms with Crippen molar-refractivity contribution in [1.82, 2.24) is 0 Å². The van der Waals surface area contributed by atoms with E-state index in [1.54, 1.807) is 12.1 Å². The number of hydrogen-bond donors (Lipinski definition) is 0. The minimum atomic E-state index is -0.0405. The molecule has 21 heavy (non-hydrogen) atoms. The van der Waals surface area contributed by atoms with Gasteiger partial charge in [0.25, 0.3) is 0 Å². The predicted octanol–water partition coefficient (Wildman–Crippen LogP) is 2.58. The number of aliphatic imine (C=N–C) groups is 1. The van der Waals surface area contributed by atoms with Gasteiger partial charge in [-0.25, -0.2) is 0 Å². The van der Waals surface area contributed by atoms with E-state index < -0.39 is 0 Å². The fourth-order valence-electron chi connectivity index (χ4n) is 2.74. The second-order valence-electron chi connectivity index (χ2n) is 4.81. The third kappa shape index (κ3) is 2.10. The molecule has 0 N–H and O–H groups in total. The summed E-state index contributed by atoms with van der Waals surface area (Å²) in [5.41, 5.74) is 2.15. The molecule has 0 atom stereocenters. The van der Waals surface area contributed by atoms with Crippen LogP contribution in [0.1, 0.15) is 10.6 Å². The molecule has 0 saturated carbocycles. The quantitative estimate of drug-likeness (QED) is 0.818. The number of para-hydroxylation sites is 2. The van der Waals surface area contributed by atoms with Crippen LogP contribution < -0.4 is 9.80 Å². The highest BCUT2D eigenvalue weighted by atomic mass is 35.5. The van der Waals surface area contributed by atoms with Crippen molar-refractivity contribution in [2.75, 3.05) is 29.4 Å². The lowest BCUT2D eigenvalue weighted by atomic mass is 10.2. The Kier molecular flexibility index (Phi) is 3.43. The summed E-state index contributed by atoms with van der Waals surface area (Å²) in [7, 11) is 0. The van der Waals surface area contributed by atoms with Crippen LogP contribution >= 0.6 is 12.4 Å². The normalized spacial score (nSPS) is 15.3. The van der Waals surface area contributed by atoms with Crippen LogP contribution in [0.15, 0.2) is 52.1 Å². The van der Waals surface area contributed by atoms with Crippen molar-refractivity contribution in [2.24, 2.45) is 4.99 Å². The highest BCUT2D eigenvalue weighted by Crippen LogP contribution is 2.38. The Morgan fingerprint density at radius 1 is 1.19 bits per heavy atom. The summed E-state index contributed by atoms with van der Waals surface area (Å²) in [4.78, 5) is 20.9. The SMILES string of the molecule is Cl.O=C(CN1C2=NCCN2c2ccccc21)c1ccco1. The summed E-state index contributed by atoms with van der Waals surface area (Å²) in [5, 5.41) is 0. The van der Waals surface area contributed by atoms with Gasteiger partial charge in [0.1, 0.15) is 0 Å². The summed E-state index contributed by atoms with van der Waals surface area (Å²) < 4.78 is 5.18. The largest absolute Gasteiger partial charge is 0.461 e. The number of Topliss-reactive ketones (excluding diaryl/α,β-unsaturated/α-hetero) is 1. The highest BCUT2D eigenvalue weighted by molar-refractivity contribution is 6.19. The van der Waals surface area contributed by atoms with Crippen LogP contribution in [0.2, 0.25) is 0 Å². The third-order valence-corrected chi connectivity index (χ3v) is 3.62. The molecule has 1 aromatic carbocycles. The molecule has 0 fully saturated rings. The van der Waals surface area contributed by atoms with E-state index in [0.29, 0.717) is 5.76 Å². The van der Waals surface area contributed by atoms with Crippen LogP contribution in [0, 0.1) is 0 Å². The Labute approximate surface area is 128 Å². The van der Waals surface area contributed by atoms with E-state index in [4.69, 9.17) is 4.42 Å². The average Bonchev–Trinajstić information content (AvgIpc) is 3.17. The molecule has 2 aliphatic heterocycles. The van der Waals surface area contributed by atoms with Crippen LogP contribution in [0.3, 0.4) is 0 Å². The standard InChI is InChI=1S/C15H13N3O2.ClH/c19-13(14-6-3-9-20-14)10-18-12-5-2-1-4-11(12)17-8-7-16-15(17)18;/h1-6,9H,7-8,10H2;1H. The predicted molar refractivity (Wildman–Crippen MR) is 83.7 cm³/mol. The molecule has 0 aliphatic carbocycles. The van der Waals surface area contributed by atoms with Gasteiger partial charge in [-0.2, -0.15) is 0 Å². The van der Waals surface area contributed by atoms with Crippen molar-refractivity contribution in [2.45, 2.75) is 0 Å². The lowest BCUT2D eigenvalue weighted by Gasteiger charge is -2.17. The van der Waals surface area contributed by atoms with Crippen molar-refractivity contribution in [3.05, 3.63) is 48.4 Å². The Bertz CT molecular complexity index is 697. The van der Waals surface area contributed by atoms with Gasteiger partial charge in [-0.05, 0) is 24.3 Å². The number of nitrogens with zero attached hydrogens (tertiary/aromatic N) is 3. The number of fused-ring (bicyclic) bond motifs is 3. The van der Waals surface area contributed by atoms with Gasteiger partial charge >= 0.3 is 0 Å². The minimum Gasteiger partial charge on any atom is -0.461 e. The highest BCUT2D eigenvalue weighted by Gasteiger charge is 2.36. The molecule has 3 heterocycles. The van der Waals surface area contributed by atoms with Gasteiger partial charge in [0.15, 0.2) is 5.76 Å². The number of carbonyl (C=O) groups excluding carboxylic acids is 1. The first-order chi connectivity index (χ1) is 9.84. The van der Waals surface area contributed by atoms with Gasteiger partial charge in [-0.1, -0.05) is 12.1 Å². The number of guanidine groups is 1. The first-order valence-electron chi connectivity index (χ1n) is 6.60. The molecule has 0 amide bonds. The number of halogens is 1. The van der Waals surface area contributed by atoms with E-state index in [1.165, 1.54) is 6.26 Å². The summed E-state index contributed by atoms with van der Waals surface area (Å²) in [6.07, 6.45) is 1.52.